The molecule has 2 rings (SSSR count). The van der Waals surface area contributed by atoms with E-state index in [1.807, 2.05) is 85.7 Å². The van der Waals surface area contributed by atoms with Gasteiger partial charge in [0.05, 0.1) is 12.5 Å². The highest BCUT2D eigenvalue weighted by atomic mass is 16.3. The standard InChI is InChI=1S/C5H5N.C4H4O.4C2H6/c1-2-4-6-5-3-1;1-2-4-5-3-1;4*1-2/h1-5H;1-4H;4*1-2H3. The van der Waals surface area contributed by atoms with Gasteiger partial charge >= 0.3 is 0 Å². The summed E-state index contributed by atoms with van der Waals surface area (Å²) in [5, 5.41) is 0. The fourth-order valence-electron chi connectivity index (χ4n) is 0.539. The summed E-state index contributed by atoms with van der Waals surface area (Å²) in [6, 6.07) is 9.38. The third kappa shape index (κ3) is 38.5. The zero-order chi connectivity index (χ0) is 15.8. The quantitative estimate of drug-likeness (QED) is 0.547. The van der Waals surface area contributed by atoms with Gasteiger partial charge < -0.3 is 4.42 Å². The Morgan fingerprint density at radius 1 is 0.526 bits per heavy atom. The lowest BCUT2D eigenvalue weighted by Crippen LogP contribution is -1.58. The zero-order valence-electron chi connectivity index (χ0n) is 14.1. The molecule has 2 heterocycles. The first-order valence-corrected chi connectivity index (χ1v) is 7.32. The smallest absolute Gasteiger partial charge is 0.0902 e. The third-order valence-electron chi connectivity index (χ3n) is 0.992. The first-order chi connectivity index (χ1) is 9.50. The van der Waals surface area contributed by atoms with Gasteiger partial charge in [0.15, 0.2) is 0 Å². The molecular formula is C17H33NO. The van der Waals surface area contributed by atoms with Gasteiger partial charge in [-0.15, -0.1) is 0 Å². The van der Waals surface area contributed by atoms with Crippen LogP contribution in [0.3, 0.4) is 0 Å². The molecule has 0 amide bonds. The Morgan fingerprint density at radius 2 is 0.895 bits per heavy atom. The molecule has 0 spiro atoms. The van der Waals surface area contributed by atoms with E-state index >= 15 is 0 Å². The summed E-state index contributed by atoms with van der Waals surface area (Å²) < 4.78 is 4.58. The Labute approximate surface area is 120 Å². The van der Waals surface area contributed by atoms with E-state index in [4.69, 9.17) is 0 Å². The van der Waals surface area contributed by atoms with Crippen molar-refractivity contribution in [2.75, 3.05) is 0 Å². The summed E-state index contributed by atoms with van der Waals surface area (Å²) >= 11 is 0. The van der Waals surface area contributed by atoms with Gasteiger partial charge in [-0.1, -0.05) is 61.5 Å². The monoisotopic (exact) mass is 267 g/mol. The predicted octanol–water partition coefficient (Wildman–Crippen LogP) is 6.47. The Balaban J connectivity index is -0.0000000790. The predicted molar refractivity (Wildman–Crippen MR) is 88.3 cm³/mol. The van der Waals surface area contributed by atoms with Crippen LogP contribution < -0.4 is 0 Å². The molecule has 19 heavy (non-hydrogen) atoms. The molecule has 0 aromatic carbocycles. The van der Waals surface area contributed by atoms with E-state index in [9.17, 15) is 0 Å². The second kappa shape index (κ2) is 44.0. The number of rotatable bonds is 0. The van der Waals surface area contributed by atoms with E-state index in [0.717, 1.165) is 0 Å². The van der Waals surface area contributed by atoms with E-state index in [2.05, 4.69) is 9.40 Å². The van der Waals surface area contributed by atoms with Crippen molar-refractivity contribution in [2.45, 2.75) is 55.4 Å². The van der Waals surface area contributed by atoms with E-state index < -0.39 is 0 Å². The second-order valence-electron chi connectivity index (χ2n) is 1.82. The van der Waals surface area contributed by atoms with Gasteiger partial charge in [-0.3, -0.25) is 4.98 Å². The van der Waals surface area contributed by atoms with Crippen molar-refractivity contribution in [1.82, 2.24) is 4.98 Å². The lowest BCUT2D eigenvalue weighted by atomic mass is 10.5. The molecule has 0 fully saturated rings. The molecular weight excluding hydrogens is 234 g/mol. The van der Waals surface area contributed by atoms with E-state index in [0.29, 0.717) is 0 Å². The van der Waals surface area contributed by atoms with Gasteiger partial charge in [0, 0.05) is 12.4 Å². The van der Waals surface area contributed by atoms with Crippen molar-refractivity contribution >= 4 is 0 Å². The minimum atomic E-state index is 1.62. The highest BCUT2D eigenvalue weighted by Gasteiger charge is 1.59. The van der Waals surface area contributed by atoms with Crippen molar-refractivity contribution in [1.29, 1.82) is 0 Å². The normalized spacial score (nSPS) is 5.89. The van der Waals surface area contributed by atoms with Crippen LogP contribution in [-0.2, 0) is 0 Å². The van der Waals surface area contributed by atoms with Crippen LogP contribution >= 0.6 is 0 Å². The van der Waals surface area contributed by atoms with Gasteiger partial charge in [-0.2, -0.15) is 0 Å². The van der Waals surface area contributed by atoms with Crippen molar-refractivity contribution < 1.29 is 4.42 Å². The van der Waals surface area contributed by atoms with E-state index in [1.165, 1.54) is 0 Å². The van der Waals surface area contributed by atoms with Crippen LogP contribution in [0.4, 0.5) is 0 Å². The minimum Gasteiger partial charge on any atom is -0.473 e. The van der Waals surface area contributed by atoms with Gasteiger partial charge in [-0.25, -0.2) is 0 Å². The van der Waals surface area contributed by atoms with Crippen LogP contribution in [-0.4, -0.2) is 4.98 Å². The molecule has 0 aliphatic heterocycles. The molecule has 0 saturated carbocycles. The maximum atomic E-state index is 4.58. The summed E-state index contributed by atoms with van der Waals surface area (Å²) in [5.74, 6) is 0. The van der Waals surface area contributed by atoms with Crippen LogP contribution in [0.5, 0.6) is 0 Å². The highest BCUT2D eigenvalue weighted by molar-refractivity contribution is 4.88. The number of pyridine rings is 1. The summed E-state index contributed by atoms with van der Waals surface area (Å²) in [4.78, 5) is 3.78. The van der Waals surface area contributed by atoms with Gasteiger partial charge in [0.25, 0.3) is 0 Å². The second-order valence-corrected chi connectivity index (χ2v) is 1.82. The maximum Gasteiger partial charge on any atom is 0.0902 e. The van der Waals surface area contributed by atoms with E-state index in [-0.39, 0.29) is 0 Å². The average Bonchev–Trinajstić information content (AvgIpc) is 3.16. The number of nitrogens with zero attached hydrogens (tertiary/aromatic N) is 1. The molecule has 0 N–H and O–H groups in total. The van der Waals surface area contributed by atoms with Crippen LogP contribution in [0.15, 0.2) is 59.7 Å². The van der Waals surface area contributed by atoms with Crippen molar-refractivity contribution in [3.8, 4) is 0 Å². The van der Waals surface area contributed by atoms with Crippen LogP contribution in [0.25, 0.3) is 0 Å². The molecule has 0 radical (unpaired) electrons. The third-order valence-corrected chi connectivity index (χ3v) is 0.992. The molecule has 2 nitrogen and oxygen atoms in total. The number of hydrogen-bond donors (Lipinski definition) is 0. The molecule has 0 saturated heterocycles. The Morgan fingerprint density at radius 3 is 1.00 bits per heavy atom. The lowest BCUT2D eigenvalue weighted by Gasteiger charge is -1.70. The first kappa shape index (κ1) is 26.1. The molecule has 2 aromatic rings. The number of furan rings is 1. The summed E-state index contributed by atoms with van der Waals surface area (Å²) in [7, 11) is 0. The molecule has 2 aromatic heterocycles. The lowest BCUT2D eigenvalue weighted by molar-refractivity contribution is 0.567. The van der Waals surface area contributed by atoms with Crippen LogP contribution in [0, 0.1) is 0 Å². The van der Waals surface area contributed by atoms with Gasteiger partial charge in [0.1, 0.15) is 0 Å². The highest BCUT2D eigenvalue weighted by Crippen LogP contribution is 1.79. The first-order valence-electron chi connectivity index (χ1n) is 7.32. The fourth-order valence-corrected chi connectivity index (χ4v) is 0.539. The Bertz CT molecular complexity index is 197. The van der Waals surface area contributed by atoms with Crippen molar-refractivity contribution in [3.05, 3.63) is 55.3 Å². The zero-order valence-corrected chi connectivity index (χ0v) is 14.1. The molecule has 0 bridgehead atoms. The largest absolute Gasteiger partial charge is 0.473 e. The minimum absolute atomic E-state index is 1.62. The Hall–Kier alpha value is -1.57. The number of aromatic nitrogens is 1. The van der Waals surface area contributed by atoms with Gasteiger partial charge in [-0.05, 0) is 24.3 Å². The topological polar surface area (TPSA) is 26.0 Å². The summed E-state index contributed by atoms with van der Waals surface area (Å²) in [5.41, 5.74) is 0. The SMILES string of the molecule is CC.CC.CC.CC.c1ccncc1.c1ccoc1. The van der Waals surface area contributed by atoms with E-state index in [1.54, 1.807) is 24.9 Å². The summed E-state index contributed by atoms with van der Waals surface area (Å²) in [6.45, 7) is 16.0. The maximum absolute atomic E-state index is 4.58. The van der Waals surface area contributed by atoms with Crippen LogP contribution in [0.2, 0.25) is 0 Å². The number of hydrogen-bond acceptors (Lipinski definition) is 2. The Kier molecular flexibility index (Phi) is 60.4. The molecule has 0 aliphatic rings. The molecule has 2 heteroatoms. The van der Waals surface area contributed by atoms with Crippen LogP contribution in [0.1, 0.15) is 55.4 Å². The van der Waals surface area contributed by atoms with Crippen molar-refractivity contribution in [3.63, 3.8) is 0 Å². The average molecular weight is 267 g/mol. The van der Waals surface area contributed by atoms with Crippen molar-refractivity contribution in [2.24, 2.45) is 0 Å². The van der Waals surface area contributed by atoms with Gasteiger partial charge in [0.2, 0.25) is 0 Å². The molecule has 0 atom stereocenters. The summed E-state index contributed by atoms with van der Waals surface area (Å²) in [6.07, 6.45) is 6.75. The fraction of sp³-hybridized carbons (Fsp3) is 0.471. The molecule has 112 valence electrons. The molecule has 0 unspecified atom stereocenters. The molecule has 0 aliphatic carbocycles.